The summed E-state index contributed by atoms with van der Waals surface area (Å²) in [6.07, 6.45) is 0. The molecule has 2 aromatic rings. The van der Waals surface area contributed by atoms with Crippen LogP contribution in [0.5, 0.6) is 0 Å². The lowest BCUT2D eigenvalue weighted by atomic mass is 10.1. The molecular formula is C15H16FNOS. The van der Waals surface area contributed by atoms with Gasteiger partial charge in [0.15, 0.2) is 0 Å². The Balaban J connectivity index is 2.13. The van der Waals surface area contributed by atoms with Crippen molar-refractivity contribution >= 4 is 10.8 Å². The van der Waals surface area contributed by atoms with Crippen molar-refractivity contribution in [1.29, 1.82) is 0 Å². The average Bonchev–Trinajstić information content (AvgIpc) is 2.45. The molecule has 0 fully saturated rings. The monoisotopic (exact) mass is 277 g/mol. The molecule has 0 spiro atoms. The number of hydrogen-bond acceptors (Lipinski definition) is 2. The third-order valence-corrected chi connectivity index (χ3v) is 4.34. The van der Waals surface area contributed by atoms with Crippen LogP contribution in [0.3, 0.4) is 0 Å². The Hall–Kier alpha value is -1.52. The summed E-state index contributed by atoms with van der Waals surface area (Å²) >= 11 is 0. The molecule has 2 unspecified atom stereocenters. The van der Waals surface area contributed by atoms with Gasteiger partial charge in [-0.3, -0.25) is 4.21 Å². The first-order valence-electron chi connectivity index (χ1n) is 6.07. The first kappa shape index (κ1) is 13.9. The van der Waals surface area contributed by atoms with E-state index >= 15 is 0 Å². The molecule has 0 amide bonds. The Morgan fingerprint density at radius 2 is 1.89 bits per heavy atom. The maximum absolute atomic E-state index is 13.1. The second kappa shape index (κ2) is 6.59. The van der Waals surface area contributed by atoms with Gasteiger partial charge in [-0.15, -0.1) is 0 Å². The van der Waals surface area contributed by atoms with Gasteiger partial charge in [0, 0.05) is 16.7 Å². The number of hydrogen-bond donors (Lipinski definition) is 1. The number of benzene rings is 2. The van der Waals surface area contributed by atoms with Gasteiger partial charge in [-0.1, -0.05) is 36.4 Å². The first-order chi connectivity index (χ1) is 9.20. The predicted molar refractivity (Wildman–Crippen MR) is 75.9 cm³/mol. The zero-order chi connectivity index (χ0) is 13.7. The minimum atomic E-state index is -1.23. The average molecular weight is 277 g/mol. The topological polar surface area (TPSA) is 29.1 Å². The van der Waals surface area contributed by atoms with Crippen LogP contribution in [0, 0.1) is 5.82 Å². The summed E-state index contributed by atoms with van der Waals surface area (Å²) in [7, 11) is 0.607. The maximum atomic E-state index is 13.1. The molecule has 4 heteroatoms. The summed E-state index contributed by atoms with van der Waals surface area (Å²) in [5.74, 6) is 0.0656. The highest BCUT2D eigenvalue weighted by Gasteiger charge is 2.14. The molecule has 0 aliphatic rings. The standard InChI is InChI=1S/C15H16FNOS/c1-17-15(12-6-3-2-4-7-12)11-19(18)14-9-5-8-13(16)10-14/h2-10,15,17H,11H2,1H3. The van der Waals surface area contributed by atoms with Crippen molar-refractivity contribution in [3.63, 3.8) is 0 Å². The van der Waals surface area contributed by atoms with Crippen molar-refractivity contribution in [3.8, 4) is 0 Å². The van der Waals surface area contributed by atoms with Gasteiger partial charge in [0.1, 0.15) is 5.82 Å². The quantitative estimate of drug-likeness (QED) is 0.910. The molecule has 2 rings (SSSR count). The molecule has 0 aromatic heterocycles. The van der Waals surface area contributed by atoms with Gasteiger partial charge < -0.3 is 5.32 Å². The van der Waals surface area contributed by atoms with Crippen LogP contribution in [-0.4, -0.2) is 17.0 Å². The van der Waals surface area contributed by atoms with Gasteiger partial charge in [0.05, 0.1) is 10.8 Å². The molecule has 100 valence electrons. The Morgan fingerprint density at radius 1 is 1.16 bits per heavy atom. The highest BCUT2D eigenvalue weighted by atomic mass is 32.2. The van der Waals surface area contributed by atoms with Gasteiger partial charge in [0.2, 0.25) is 0 Å². The fraction of sp³-hybridized carbons (Fsp3) is 0.200. The van der Waals surface area contributed by atoms with Crippen molar-refractivity contribution in [2.24, 2.45) is 0 Å². The van der Waals surface area contributed by atoms with E-state index in [4.69, 9.17) is 0 Å². The first-order valence-corrected chi connectivity index (χ1v) is 7.39. The van der Waals surface area contributed by atoms with Crippen LogP contribution in [0.1, 0.15) is 11.6 Å². The van der Waals surface area contributed by atoms with Crippen LogP contribution >= 0.6 is 0 Å². The number of nitrogens with one attached hydrogen (secondary N) is 1. The lowest BCUT2D eigenvalue weighted by Gasteiger charge is -2.16. The zero-order valence-electron chi connectivity index (χ0n) is 10.7. The van der Waals surface area contributed by atoms with Crippen molar-refractivity contribution in [2.75, 3.05) is 12.8 Å². The van der Waals surface area contributed by atoms with Crippen LogP contribution < -0.4 is 5.32 Å². The summed E-state index contributed by atoms with van der Waals surface area (Å²) < 4.78 is 25.4. The summed E-state index contributed by atoms with van der Waals surface area (Å²) in [6, 6.07) is 15.8. The van der Waals surface area contributed by atoms with Gasteiger partial charge in [-0.05, 0) is 30.8 Å². The van der Waals surface area contributed by atoms with Gasteiger partial charge in [-0.2, -0.15) is 0 Å². The third kappa shape index (κ3) is 3.72. The summed E-state index contributed by atoms with van der Waals surface area (Å²) in [5, 5.41) is 3.15. The van der Waals surface area contributed by atoms with Crippen molar-refractivity contribution in [1.82, 2.24) is 5.32 Å². The summed E-state index contributed by atoms with van der Waals surface area (Å²) in [6.45, 7) is 0. The van der Waals surface area contributed by atoms with E-state index in [0.29, 0.717) is 10.6 Å². The smallest absolute Gasteiger partial charge is 0.124 e. The molecule has 0 aliphatic heterocycles. The molecule has 2 nitrogen and oxygen atoms in total. The molecule has 0 aliphatic carbocycles. The number of rotatable bonds is 5. The largest absolute Gasteiger partial charge is 0.312 e. The minimum Gasteiger partial charge on any atom is -0.312 e. The van der Waals surface area contributed by atoms with E-state index in [-0.39, 0.29) is 11.9 Å². The van der Waals surface area contributed by atoms with Gasteiger partial charge >= 0.3 is 0 Å². The van der Waals surface area contributed by atoms with Gasteiger partial charge in [0.25, 0.3) is 0 Å². The van der Waals surface area contributed by atoms with E-state index < -0.39 is 10.8 Å². The second-order valence-corrected chi connectivity index (χ2v) is 5.72. The van der Waals surface area contributed by atoms with E-state index in [9.17, 15) is 8.60 Å². The lowest BCUT2D eigenvalue weighted by Crippen LogP contribution is -2.22. The molecule has 0 heterocycles. The molecule has 2 aromatic carbocycles. The van der Waals surface area contributed by atoms with Crippen LogP contribution in [0.15, 0.2) is 59.5 Å². The van der Waals surface area contributed by atoms with Crippen LogP contribution in [-0.2, 0) is 10.8 Å². The molecule has 0 bridgehead atoms. The van der Waals surface area contributed by atoms with Crippen LogP contribution in [0.25, 0.3) is 0 Å². The highest BCUT2D eigenvalue weighted by molar-refractivity contribution is 7.85. The molecule has 2 atom stereocenters. The maximum Gasteiger partial charge on any atom is 0.124 e. The van der Waals surface area contributed by atoms with E-state index in [0.717, 1.165) is 5.56 Å². The third-order valence-electron chi connectivity index (χ3n) is 2.93. The van der Waals surface area contributed by atoms with Gasteiger partial charge in [-0.25, -0.2) is 4.39 Å². The second-order valence-electron chi connectivity index (χ2n) is 4.22. The molecule has 0 saturated heterocycles. The van der Waals surface area contributed by atoms with Crippen molar-refractivity contribution in [2.45, 2.75) is 10.9 Å². The lowest BCUT2D eigenvalue weighted by molar-refractivity contribution is 0.619. The van der Waals surface area contributed by atoms with E-state index in [2.05, 4.69) is 5.32 Å². The Labute approximate surface area is 115 Å². The SMILES string of the molecule is CNC(CS(=O)c1cccc(F)c1)c1ccccc1. The van der Waals surface area contributed by atoms with E-state index in [1.165, 1.54) is 12.1 Å². The fourth-order valence-electron chi connectivity index (χ4n) is 1.89. The molecular weight excluding hydrogens is 261 g/mol. The highest BCUT2D eigenvalue weighted by Crippen LogP contribution is 2.17. The molecule has 0 radical (unpaired) electrons. The summed E-state index contributed by atoms with van der Waals surface area (Å²) in [5.41, 5.74) is 1.08. The number of halogens is 1. The predicted octanol–water partition coefficient (Wildman–Crippen LogP) is 2.89. The Morgan fingerprint density at radius 3 is 2.53 bits per heavy atom. The van der Waals surface area contributed by atoms with Crippen LogP contribution in [0.2, 0.25) is 0 Å². The Kier molecular flexibility index (Phi) is 4.82. The fourth-order valence-corrected chi connectivity index (χ4v) is 3.22. The molecule has 19 heavy (non-hydrogen) atoms. The van der Waals surface area contributed by atoms with Crippen LogP contribution in [0.4, 0.5) is 4.39 Å². The summed E-state index contributed by atoms with van der Waals surface area (Å²) in [4.78, 5) is 0.524. The van der Waals surface area contributed by atoms with Crippen molar-refractivity contribution in [3.05, 3.63) is 66.0 Å². The van der Waals surface area contributed by atoms with E-state index in [1.54, 1.807) is 12.1 Å². The minimum absolute atomic E-state index is 0.00898. The van der Waals surface area contributed by atoms with Crippen molar-refractivity contribution < 1.29 is 8.60 Å². The van der Waals surface area contributed by atoms with E-state index in [1.807, 2.05) is 37.4 Å². The zero-order valence-corrected chi connectivity index (χ0v) is 11.5. The normalized spacial score (nSPS) is 14.0. The Bertz CT molecular complexity index is 559. The molecule has 0 saturated carbocycles. The molecule has 1 N–H and O–H groups in total.